The highest BCUT2D eigenvalue weighted by molar-refractivity contribution is 7.91. The zero-order valence-electron chi connectivity index (χ0n) is 15.2. The lowest BCUT2D eigenvalue weighted by Gasteiger charge is -2.18. The molecule has 0 spiro atoms. The Labute approximate surface area is 159 Å². The van der Waals surface area contributed by atoms with Crippen molar-refractivity contribution in [3.63, 3.8) is 0 Å². The van der Waals surface area contributed by atoms with E-state index in [9.17, 15) is 13.2 Å². The predicted molar refractivity (Wildman–Crippen MR) is 104 cm³/mol. The summed E-state index contributed by atoms with van der Waals surface area (Å²) in [5, 5.41) is 8.20. The summed E-state index contributed by atoms with van der Waals surface area (Å²) in [4.78, 5) is 18.0. The molecule has 0 aliphatic carbocycles. The summed E-state index contributed by atoms with van der Waals surface area (Å²) in [6.45, 7) is 6.51. The maximum Gasteiger partial charge on any atom is 0.250 e. The fraction of sp³-hybridized carbons (Fsp3) is 0.625. The van der Waals surface area contributed by atoms with E-state index in [1.165, 1.54) is 11.3 Å². The van der Waals surface area contributed by atoms with Crippen LogP contribution in [0.3, 0.4) is 0 Å². The van der Waals surface area contributed by atoms with Gasteiger partial charge in [0, 0.05) is 38.6 Å². The highest BCUT2D eigenvalue weighted by atomic mass is 32.2. The van der Waals surface area contributed by atoms with Crippen LogP contribution in [0.4, 0.5) is 0 Å². The van der Waals surface area contributed by atoms with E-state index < -0.39 is 10.0 Å². The lowest BCUT2D eigenvalue weighted by molar-refractivity contribution is -0.129. The SMILES string of the molecule is CCNC(=NCCNS(=O)(=O)c1cccs1)NC1CCN(C(=O)CC)C1. The van der Waals surface area contributed by atoms with Gasteiger partial charge in [-0.1, -0.05) is 13.0 Å². The van der Waals surface area contributed by atoms with Crippen LogP contribution in [0.15, 0.2) is 26.7 Å². The first-order chi connectivity index (χ1) is 12.5. The maximum atomic E-state index is 12.1. The Hall–Kier alpha value is -1.65. The van der Waals surface area contributed by atoms with Crippen LogP contribution in [0.5, 0.6) is 0 Å². The van der Waals surface area contributed by atoms with E-state index in [1.807, 2.05) is 18.7 Å². The van der Waals surface area contributed by atoms with Gasteiger partial charge in [-0.3, -0.25) is 9.79 Å². The fourth-order valence-electron chi connectivity index (χ4n) is 2.68. The van der Waals surface area contributed by atoms with Crippen molar-refractivity contribution in [2.75, 3.05) is 32.7 Å². The van der Waals surface area contributed by atoms with Gasteiger partial charge in [-0.15, -0.1) is 11.3 Å². The number of nitrogens with one attached hydrogen (secondary N) is 3. The number of sulfonamides is 1. The van der Waals surface area contributed by atoms with E-state index in [0.717, 1.165) is 13.0 Å². The second kappa shape index (κ2) is 9.89. The molecule has 10 heteroatoms. The Morgan fingerprint density at radius 3 is 2.88 bits per heavy atom. The molecular formula is C16H27N5O3S2. The van der Waals surface area contributed by atoms with E-state index in [2.05, 4.69) is 20.3 Å². The Bertz CT molecular complexity index is 703. The quantitative estimate of drug-likeness (QED) is 0.336. The highest BCUT2D eigenvalue weighted by Crippen LogP contribution is 2.14. The van der Waals surface area contributed by atoms with E-state index in [1.54, 1.807) is 17.5 Å². The predicted octanol–water partition coefficient (Wildman–Crippen LogP) is 0.592. The zero-order chi connectivity index (χ0) is 19.0. The van der Waals surface area contributed by atoms with Crippen LogP contribution in [0.1, 0.15) is 26.7 Å². The molecule has 1 saturated heterocycles. The molecule has 0 bridgehead atoms. The number of guanidine groups is 1. The van der Waals surface area contributed by atoms with Crippen molar-refractivity contribution in [2.24, 2.45) is 4.99 Å². The topological polar surface area (TPSA) is 103 Å². The van der Waals surface area contributed by atoms with Crippen LogP contribution in [-0.4, -0.2) is 64.0 Å². The van der Waals surface area contributed by atoms with Crippen molar-refractivity contribution < 1.29 is 13.2 Å². The first-order valence-corrected chi connectivity index (χ1v) is 11.2. The minimum absolute atomic E-state index is 0.158. The zero-order valence-corrected chi connectivity index (χ0v) is 16.8. The summed E-state index contributed by atoms with van der Waals surface area (Å²) in [5.74, 6) is 0.804. The molecular weight excluding hydrogens is 374 g/mol. The minimum atomic E-state index is -3.46. The van der Waals surface area contributed by atoms with Gasteiger partial charge in [0.1, 0.15) is 4.21 Å². The fourth-order valence-corrected chi connectivity index (χ4v) is 4.74. The van der Waals surface area contributed by atoms with Gasteiger partial charge in [0.05, 0.1) is 6.54 Å². The monoisotopic (exact) mass is 401 g/mol. The molecule has 1 aliphatic heterocycles. The van der Waals surface area contributed by atoms with Crippen LogP contribution in [0, 0.1) is 0 Å². The number of hydrogen-bond acceptors (Lipinski definition) is 5. The molecule has 1 amide bonds. The normalized spacial score (nSPS) is 18.2. The second-order valence-corrected chi connectivity index (χ2v) is 8.86. The first-order valence-electron chi connectivity index (χ1n) is 8.82. The van der Waals surface area contributed by atoms with Crippen molar-refractivity contribution in [1.82, 2.24) is 20.3 Å². The van der Waals surface area contributed by atoms with Crippen LogP contribution in [-0.2, 0) is 14.8 Å². The van der Waals surface area contributed by atoms with Gasteiger partial charge in [-0.2, -0.15) is 0 Å². The van der Waals surface area contributed by atoms with Gasteiger partial charge >= 0.3 is 0 Å². The standard InChI is InChI=1S/C16H27N5O3S2/c1-3-14(22)21-10-7-13(12-21)20-16(17-4-2)18-8-9-19-26(23,24)15-6-5-11-25-15/h5-6,11,13,19H,3-4,7-10,12H2,1-2H3,(H2,17,18,20). The molecule has 1 aromatic rings. The molecule has 2 heterocycles. The van der Waals surface area contributed by atoms with Crippen LogP contribution in [0.25, 0.3) is 0 Å². The molecule has 2 rings (SSSR count). The largest absolute Gasteiger partial charge is 0.357 e. The smallest absolute Gasteiger partial charge is 0.250 e. The molecule has 26 heavy (non-hydrogen) atoms. The van der Waals surface area contributed by atoms with Gasteiger partial charge < -0.3 is 15.5 Å². The third-order valence-electron chi connectivity index (χ3n) is 3.96. The Balaban J connectivity index is 1.82. The molecule has 0 aromatic carbocycles. The Morgan fingerprint density at radius 1 is 1.42 bits per heavy atom. The van der Waals surface area contributed by atoms with E-state index >= 15 is 0 Å². The summed E-state index contributed by atoms with van der Waals surface area (Å²) in [7, 11) is -3.46. The van der Waals surface area contributed by atoms with Gasteiger partial charge in [-0.25, -0.2) is 13.1 Å². The molecule has 0 radical (unpaired) electrons. The van der Waals surface area contributed by atoms with E-state index in [4.69, 9.17) is 0 Å². The van der Waals surface area contributed by atoms with Gasteiger partial charge in [0.2, 0.25) is 15.9 Å². The number of nitrogens with zero attached hydrogens (tertiary/aromatic N) is 2. The van der Waals surface area contributed by atoms with Crippen LogP contribution in [0.2, 0.25) is 0 Å². The molecule has 146 valence electrons. The van der Waals surface area contributed by atoms with Gasteiger partial charge in [0.15, 0.2) is 5.96 Å². The number of amides is 1. The Morgan fingerprint density at radius 2 is 2.23 bits per heavy atom. The van der Waals surface area contributed by atoms with Gasteiger partial charge in [-0.05, 0) is 24.8 Å². The number of likely N-dealkylation sites (tertiary alicyclic amines) is 1. The van der Waals surface area contributed by atoms with Crippen molar-refractivity contribution >= 4 is 33.2 Å². The number of rotatable bonds is 8. The molecule has 0 saturated carbocycles. The molecule has 1 fully saturated rings. The van der Waals surface area contributed by atoms with Crippen molar-refractivity contribution in [1.29, 1.82) is 0 Å². The molecule has 1 atom stereocenters. The summed E-state index contributed by atoms with van der Waals surface area (Å²) >= 11 is 1.18. The highest BCUT2D eigenvalue weighted by Gasteiger charge is 2.25. The minimum Gasteiger partial charge on any atom is -0.357 e. The number of aliphatic imine (C=N–C) groups is 1. The molecule has 1 aliphatic rings. The molecule has 1 unspecified atom stereocenters. The summed E-state index contributed by atoms with van der Waals surface area (Å²) < 4.78 is 27.0. The maximum absolute atomic E-state index is 12.1. The summed E-state index contributed by atoms with van der Waals surface area (Å²) in [6.07, 6.45) is 1.40. The van der Waals surface area contributed by atoms with Crippen molar-refractivity contribution in [3.05, 3.63) is 17.5 Å². The number of carbonyl (C=O) groups is 1. The average Bonchev–Trinajstić information content (AvgIpc) is 3.30. The lowest BCUT2D eigenvalue weighted by Crippen LogP contribution is -2.45. The van der Waals surface area contributed by atoms with E-state index in [-0.39, 0.29) is 18.5 Å². The number of hydrogen-bond donors (Lipinski definition) is 3. The Kier molecular flexibility index (Phi) is 7.85. The molecule has 1 aromatic heterocycles. The van der Waals surface area contributed by atoms with Crippen LogP contribution < -0.4 is 15.4 Å². The number of thiophene rings is 1. The van der Waals surface area contributed by atoms with Gasteiger partial charge in [0.25, 0.3) is 0 Å². The van der Waals surface area contributed by atoms with E-state index in [0.29, 0.717) is 36.2 Å². The van der Waals surface area contributed by atoms with Crippen LogP contribution >= 0.6 is 11.3 Å². The average molecular weight is 402 g/mol. The third kappa shape index (κ3) is 5.96. The molecule has 8 nitrogen and oxygen atoms in total. The molecule has 3 N–H and O–H groups in total. The number of carbonyl (C=O) groups excluding carboxylic acids is 1. The first kappa shape index (κ1) is 20.7. The lowest BCUT2D eigenvalue weighted by atomic mass is 10.3. The van der Waals surface area contributed by atoms with Crippen molar-refractivity contribution in [2.45, 2.75) is 36.9 Å². The van der Waals surface area contributed by atoms with Crippen molar-refractivity contribution in [3.8, 4) is 0 Å². The summed E-state index contributed by atoms with van der Waals surface area (Å²) in [5.41, 5.74) is 0. The second-order valence-electron chi connectivity index (χ2n) is 5.91. The third-order valence-corrected chi connectivity index (χ3v) is 6.82. The summed E-state index contributed by atoms with van der Waals surface area (Å²) in [6, 6.07) is 3.44.